The van der Waals surface area contributed by atoms with E-state index in [9.17, 15) is 0 Å². The summed E-state index contributed by atoms with van der Waals surface area (Å²) in [4.78, 5) is 0. The fourth-order valence-corrected chi connectivity index (χ4v) is 3.09. The molecule has 1 aromatic heterocycles. The van der Waals surface area contributed by atoms with Gasteiger partial charge in [0.05, 0.1) is 6.20 Å². The summed E-state index contributed by atoms with van der Waals surface area (Å²) in [6.45, 7) is 6.78. The first kappa shape index (κ1) is 13.5. The lowest BCUT2D eigenvalue weighted by Gasteiger charge is -2.35. The molecule has 2 atom stereocenters. The van der Waals surface area contributed by atoms with E-state index in [2.05, 4.69) is 29.5 Å². The first-order valence-electron chi connectivity index (χ1n) is 7.35. The molecule has 1 N–H and O–H groups in total. The minimum atomic E-state index is 0.731. The minimum Gasteiger partial charge on any atom is -0.314 e. The summed E-state index contributed by atoms with van der Waals surface area (Å²) in [5.74, 6) is 1.67. The Kier molecular flexibility index (Phi) is 5.17. The first-order valence-corrected chi connectivity index (χ1v) is 7.35. The molecule has 1 saturated carbocycles. The van der Waals surface area contributed by atoms with Crippen LogP contribution in [0.2, 0.25) is 0 Å². The topological polar surface area (TPSA) is 42.7 Å². The van der Waals surface area contributed by atoms with E-state index >= 15 is 0 Å². The summed E-state index contributed by atoms with van der Waals surface area (Å²) in [5.41, 5.74) is 0. The number of rotatable bonds is 6. The smallest absolute Gasteiger partial charge is 0.0692 e. The molecule has 0 amide bonds. The van der Waals surface area contributed by atoms with Gasteiger partial charge < -0.3 is 5.32 Å². The van der Waals surface area contributed by atoms with Gasteiger partial charge in [0.2, 0.25) is 0 Å². The minimum absolute atomic E-state index is 0.731. The summed E-state index contributed by atoms with van der Waals surface area (Å²) >= 11 is 0. The molecular formula is C14H26N4. The summed E-state index contributed by atoms with van der Waals surface area (Å²) in [7, 11) is 0. The number of nitrogens with zero attached hydrogens (tertiary/aromatic N) is 3. The maximum atomic E-state index is 3.98. The summed E-state index contributed by atoms with van der Waals surface area (Å²) in [5, 5.41) is 11.6. The molecular weight excluding hydrogens is 224 g/mol. The zero-order valence-electron chi connectivity index (χ0n) is 11.7. The highest BCUT2D eigenvalue weighted by atomic mass is 15.4. The van der Waals surface area contributed by atoms with Crippen molar-refractivity contribution in [1.29, 1.82) is 0 Å². The van der Waals surface area contributed by atoms with Crippen molar-refractivity contribution in [3.8, 4) is 0 Å². The largest absolute Gasteiger partial charge is 0.314 e. The van der Waals surface area contributed by atoms with Crippen molar-refractivity contribution in [3.63, 3.8) is 0 Å². The van der Waals surface area contributed by atoms with Gasteiger partial charge in [-0.05, 0) is 37.6 Å². The molecule has 0 spiro atoms. The number of aryl methyl sites for hydroxylation is 1. The molecule has 0 aliphatic heterocycles. The van der Waals surface area contributed by atoms with Crippen LogP contribution in [0.1, 0.15) is 46.0 Å². The quantitative estimate of drug-likeness (QED) is 0.789. The molecule has 18 heavy (non-hydrogen) atoms. The average Bonchev–Trinajstić information content (AvgIpc) is 2.88. The van der Waals surface area contributed by atoms with Crippen LogP contribution in [0.25, 0.3) is 0 Å². The van der Waals surface area contributed by atoms with E-state index in [1.807, 2.05) is 10.9 Å². The van der Waals surface area contributed by atoms with Gasteiger partial charge in [0.15, 0.2) is 0 Å². The van der Waals surface area contributed by atoms with Gasteiger partial charge in [-0.25, -0.2) is 0 Å². The van der Waals surface area contributed by atoms with Crippen molar-refractivity contribution in [1.82, 2.24) is 20.3 Å². The molecule has 1 aliphatic rings. The average molecular weight is 250 g/mol. The molecule has 4 nitrogen and oxygen atoms in total. The van der Waals surface area contributed by atoms with Crippen molar-refractivity contribution >= 4 is 0 Å². The fourth-order valence-electron chi connectivity index (χ4n) is 3.09. The lowest BCUT2D eigenvalue weighted by atomic mass is 9.78. The molecule has 0 saturated heterocycles. The standard InChI is InChI=1S/C14H26N4/c1-12(2)13-6-3-4-7-14(13)15-8-5-10-18-11-9-16-17-18/h9,11-15H,3-8,10H2,1-2H3. The van der Waals surface area contributed by atoms with E-state index in [0.29, 0.717) is 0 Å². The normalized spacial score (nSPS) is 24.6. The molecule has 2 rings (SSSR count). The first-order chi connectivity index (χ1) is 8.77. The highest BCUT2D eigenvalue weighted by Crippen LogP contribution is 2.30. The summed E-state index contributed by atoms with van der Waals surface area (Å²) in [6.07, 6.45) is 10.4. The zero-order valence-corrected chi connectivity index (χ0v) is 11.7. The zero-order chi connectivity index (χ0) is 12.8. The van der Waals surface area contributed by atoms with Crippen molar-refractivity contribution in [2.24, 2.45) is 11.8 Å². The van der Waals surface area contributed by atoms with Gasteiger partial charge in [0.1, 0.15) is 0 Å². The van der Waals surface area contributed by atoms with Crippen LogP contribution in [0.15, 0.2) is 12.4 Å². The molecule has 1 aliphatic carbocycles. The maximum Gasteiger partial charge on any atom is 0.0692 e. The summed E-state index contributed by atoms with van der Waals surface area (Å²) < 4.78 is 1.91. The van der Waals surface area contributed by atoms with E-state index in [1.54, 1.807) is 6.20 Å². The SMILES string of the molecule is CC(C)C1CCCCC1NCCCn1ccnn1. The molecule has 0 aromatic carbocycles. The second kappa shape index (κ2) is 6.88. The highest BCUT2D eigenvalue weighted by molar-refractivity contribution is 4.82. The second-order valence-electron chi connectivity index (χ2n) is 5.77. The number of hydrogen-bond donors (Lipinski definition) is 1. The van der Waals surface area contributed by atoms with Crippen LogP contribution in [-0.2, 0) is 6.54 Å². The summed E-state index contributed by atoms with van der Waals surface area (Å²) in [6, 6.07) is 0.731. The van der Waals surface area contributed by atoms with Crippen molar-refractivity contribution in [2.75, 3.05) is 6.54 Å². The van der Waals surface area contributed by atoms with Crippen LogP contribution in [0.3, 0.4) is 0 Å². The second-order valence-corrected chi connectivity index (χ2v) is 5.77. The van der Waals surface area contributed by atoms with Gasteiger partial charge in [-0.2, -0.15) is 0 Å². The number of hydrogen-bond acceptors (Lipinski definition) is 3. The van der Waals surface area contributed by atoms with Gasteiger partial charge in [0, 0.05) is 18.8 Å². The Morgan fingerprint density at radius 1 is 1.33 bits per heavy atom. The van der Waals surface area contributed by atoms with E-state index < -0.39 is 0 Å². The molecule has 102 valence electrons. The van der Waals surface area contributed by atoms with E-state index in [4.69, 9.17) is 0 Å². The van der Waals surface area contributed by atoms with Crippen LogP contribution in [0, 0.1) is 11.8 Å². The van der Waals surface area contributed by atoms with E-state index in [0.717, 1.165) is 37.4 Å². The molecule has 2 unspecified atom stereocenters. The molecule has 4 heteroatoms. The molecule has 1 fully saturated rings. The third-order valence-electron chi connectivity index (χ3n) is 4.12. The fraction of sp³-hybridized carbons (Fsp3) is 0.857. The van der Waals surface area contributed by atoms with Crippen LogP contribution in [0.4, 0.5) is 0 Å². The Balaban J connectivity index is 1.68. The lowest BCUT2D eigenvalue weighted by Crippen LogP contribution is -2.41. The van der Waals surface area contributed by atoms with Crippen LogP contribution in [0.5, 0.6) is 0 Å². The molecule has 1 aromatic rings. The number of aromatic nitrogens is 3. The van der Waals surface area contributed by atoms with Gasteiger partial charge in [-0.3, -0.25) is 4.68 Å². The Bertz CT molecular complexity index is 321. The van der Waals surface area contributed by atoms with Gasteiger partial charge >= 0.3 is 0 Å². The number of nitrogens with one attached hydrogen (secondary N) is 1. The Morgan fingerprint density at radius 2 is 2.17 bits per heavy atom. The monoisotopic (exact) mass is 250 g/mol. The van der Waals surface area contributed by atoms with Crippen LogP contribution in [-0.4, -0.2) is 27.6 Å². The third kappa shape index (κ3) is 3.80. The third-order valence-corrected chi connectivity index (χ3v) is 4.12. The van der Waals surface area contributed by atoms with Crippen molar-refractivity contribution in [2.45, 2.75) is 58.5 Å². The van der Waals surface area contributed by atoms with Crippen LogP contribution >= 0.6 is 0 Å². The van der Waals surface area contributed by atoms with Gasteiger partial charge in [0.25, 0.3) is 0 Å². The van der Waals surface area contributed by atoms with E-state index in [-0.39, 0.29) is 0 Å². The van der Waals surface area contributed by atoms with Gasteiger partial charge in [-0.15, -0.1) is 5.10 Å². The van der Waals surface area contributed by atoms with Crippen molar-refractivity contribution < 1.29 is 0 Å². The Hall–Kier alpha value is -0.900. The van der Waals surface area contributed by atoms with Crippen molar-refractivity contribution in [3.05, 3.63) is 12.4 Å². The maximum absolute atomic E-state index is 3.98. The molecule has 1 heterocycles. The van der Waals surface area contributed by atoms with Crippen LogP contribution < -0.4 is 5.32 Å². The molecule has 0 radical (unpaired) electrons. The Labute approximate surface area is 110 Å². The predicted octanol–water partition coefficient (Wildman–Crippen LogP) is 2.47. The van der Waals surface area contributed by atoms with Gasteiger partial charge in [-0.1, -0.05) is 31.9 Å². The Morgan fingerprint density at radius 3 is 2.89 bits per heavy atom. The van der Waals surface area contributed by atoms with E-state index in [1.165, 1.54) is 25.7 Å². The molecule has 0 bridgehead atoms. The predicted molar refractivity (Wildman–Crippen MR) is 73.2 cm³/mol. The highest BCUT2D eigenvalue weighted by Gasteiger charge is 2.26. The lowest BCUT2D eigenvalue weighted by molar-refractivity contribution is 0.205.